The van der Waals surface area contributed by atoms with Gasteiger partial charge in [0.25, 0.3) is 0 Å². The molecule has 1 fully saturated rings. The van der Waals surface area contributed by atoms with Crippen LogP contribution in [-0.2, 0) is 0 Å². The van der Waals surface area contributed by atoms with Crippen molar-refractivity contribution in [1.82, 2.24) is 10.6 Å². The lowest BCUT2D eigenvalue weighted by Crippen LogP contribution is -2.52. The van der Waals surface area contributed by atoms with Crippen molar-refractivity contribution in [2.45, 2.75) is 38.8 Å². The van der Waals surface area contributed by atoms with Crippen LogP contribution in [0.25, 0.3) is 0 Å². The molecule has 2 N–H and O–H groups in total. The summed E-state index contributed by atoms with van der Waals surface area (Å²) in [5, 5.41) is 8.36. The number of anilines is 1. The first-order valence-corrected chi connectivity index (χ1v) is 10.7. The highest BCUT2D eigenvalue weighted by molar-refractivity contribution is 7.80. The lowest BCUT2D eigenvalue weighted by Gasteiger charge is -2.42. The summed E-state index contributed by atoms with van der Waals surface area (Å²) in [5.74, 6) is 2.29. The van der Waals surface area contributed by atoms with Crippen LogP contribution in [0.2, 0.25) is 5.02 Å². The van der Waals surface area contributed by atoms with Gasteiger partial charge in [-0.2, -0.15) is 0 Å². The molecule has 0 saturated carbocycles. The first-order chi connectivity index (χ1) is 13.5. The van der Waals surface area contributed by atoms with E-state index in [9.17, 15) is 0 Å². The monoisotopic (exact) mass is 415 g/mol. The first kappa shape index (κ1) is 19.3. The molecule has 0 amide bonds. The highest BCUT2D eigenvalue weighted by Gasteiger charge is 2.38. The Kier molecular flexibility index (Phi) is 5.65. The quantitative estimate of drug-likeness (QED) is 0.667. The summed E-state index contributed by atoms with van der Waals surface area (Å²) in [4.78, 5) is 2.42. The molecule has 0 aliphatic carbocycles. The lowest BCUT2D eigenvalue weighted by atomic mass is 9.89. The number of hydrogen-bond acceptors (Lipinski definition) is 3. The second-order valence-corrected chi connectivity index (χ2v) is 8.73. The van der Waals surface area contributed by atoms with E-state index in [2.05, 4.69) is 41.5 Å². The van der Waals surface area contributed by atoms with Gasteiger partial charge < -0.3 is 20.3 Å². The molecule has 2 heterocycles. The number of nitrogens with zero attached hydrogens (tertiary/aromatic N) is 1. The van der Waals surface area contributed by atoms with Gasteiger partial charge in [-0.3, -0.25) is 0 Å². The molecule has 0 radical (unpaired) electrons. The fourth-order valence-corrected chi connectivity index (χ4v) is 4.46. The molecule has 0 unspecified atom stereocenters. The normalized spacial score (nSPS) is 20.4. The van der Waals surface area contributed by atoms with Gasteiger partial charge in [-0.25, -0.2) is 0 Å². The van der Waals surface area contributed by atoms with Crippen LogP contribution in [0, 0.1) is 5.92 Å². The number of ether oxygens (including phenoxy) is 1. The van der Waals surface area contributed by atoms with E-state index in [-0.39, 0.29) is 12.1 Å². The van der Waals surface area contributed by atoms with Crippen LogP contribution in [0.5, 0.6) is 11.5 Å². The zero-order valence-corrected chi connectivity index (χ0v) is 17.8. The molecule has 0 bridgehead atoms. The van der Waals surface area contributed by atoms with Gasteiger partial charge in [-0.05, 0) is 55.2 Å². The number of thiocarbonyl (C=S) groups is 1. The van der Waals surface area contributed by atoms with Crippen LogP contribution >= 0.6 is 23.8 Å². The van der Waals surface area contributed by atoms with Gasteiger partial charge in [0.05, 0.1) is 17.8 Å². The minimum absolute atomic E-state index is 0.128. The molecular formula is C22H26ClN3OS. The first-order valence-electron chi connectivity index (χ1n) is 9.90. The van der Waals surface area contributed by atoms with Gasteiger partial charge in [0.1, 0.15) is 5.75 Å². The number of piperidine rings is 1. The summed E-state index contributed by atoms with van der Waals surface area (Å²) in [6.45, 7) is 6.18. The SMILES string of the molecule is CC(C)CNC(=S)N[C@H]1CCCN2c3cc(Cl)ccc3Oc3ccccc3[C@@H]12. The zero-order valence-electron chi connectivity index (χ0n) is 16.2. The summed E-state index contributed by atoms with van der Waals surface area (Å²) in [6.07, 6.45) is 2.13. The minimum atomic E-state index is 0.128. The Labute approximate surface area is 177 Å². The zero-order chi connectivity index (χ0) is 19.7. The summed E-state index contributed by atoms with van der Waals surface area (Å²) < 4.78 is 6.31. The third-order valence-corrected chi connectivity index (χ3v) is 5.80. The Morgan fingerprint density at radius 3 is 2.89 bits per heavy atom. The Hall–Kier alpha value is -1.98. The van der Waals surface area contributed by atoms with Gasteiger partial charge in [0, 0.05) is 23.7 Å². The predicted octanol–water partition coefficient (Wildman–Crippen LogP) is 5.28. The van der Waals surface area contributed by atoms with Gasteiger partial charge in [0.15, 0.2) is 10.9 Å². The molecule has 4 nitrogen and oxygen atoms in total. The molecule has 2 aliphatic heterocycles. The number of para-hydroxylation sites is 1. The van der Waals surface area contributed by atoms with Crippen molar-refractivity contribution in [2.75, 3.05) is 18.0 Å². The molecule has 2 atom stereocenters. The molecule has 1 saturated heterocycles. The van der Waals surface area contributed by atoms with E-state index >= 15 is 0 Å². The minimum Gasteiger partial charge on any atom is -0.455 e. The average molecular weight is 416 g/mol. The molecule has 28 heavy (non-hydrogen) atoms. The third-order valence-electron chi connectivity index (χ3n) is 5.31. The van der Waals surface area contributed by atoms with Gasteiger partial charge in [0.2, 0.25) is 0 Å². The number of nitrogens with one attached hydrogen (secondary N) is 2. The van der Waals surface area contributed by atoms with Crippen LogP contribution in [0.1, 0.15) is 38.3 Å². The molecule has 4 rings (SSSR count). The molecule has 6 heteroatoms. The summed E-state index contributed by atoms with van der Waals surface area (Å²) in [6, 6.07) is 14.5. The average Bonchev–Trinajstić information content (AvgIpc) is 2.81. The maximum Gasteiger partial charge on any atom is 0.166 e. The Balaban J connectivity index is 1.70. The van der Waals surface area contributed by atoms with Crippen LogP contribution < -0.4 is 20.3 Å². The maximum atomic E-state index is 6.34. The highest BCUT2D eigenvalue weighted by atomic mass is 35.5. The number of halogens is 1. The fraction of sp³-hybridized carbons (Fsp3) is 0.409. The van der Waals surface area contributed by atoms with Crippen LogP contribution in [0.15, 0.2) is 42.5 Å². The molecule has 0 spiro atoms. The van der Waals surface area contributed by atoms with Crippen molar-refractivity contribution < 1.29 is 4.74 Å². The van der Waals surface area contributed by atoms with E-state index in [1.54, 1.807) is 0 Å². The standard InChI is InChI=1S/C22H26ClN3OS/c1-14(2)13-24-22(28)25-17-7-5-11-26-18-12-15(23)9-10-20(18)27-19-8-4-3-6-16(19)21(17)26/h3-4,6,8-10,12,14,17,21H,5,7,11,13H2,1-2H3,(H2,24,25,28)/t17-,21-/m0/s1. The van der Waals surface area contributed by atoms with Crippen molar-refractivity contribution in [1.29, 1.82) is 0 Å². The van der Waals surface area contributed by atoms with Gasteiger partial charge in [-0.15, -0.1) is 0 Å². The number of hydrogen-bond donors (Lipinski definition) is 2. The topological polar surface area (TPSA) is 36.5 Å². The third kappa shape index (κ3) is 3.91. The largest absolute Gasteiger partial charge is 0.455 e. The number of fused-ring (bicyclic) bond motifs is 5. The molecule has 0 aromatic heterocycles. The Morgan fingerprint density at radius 1 is 1.25 bits per heavy atom. The molecule has 148 valence electrons. The predicted molar refractivity (Wildman–Crippen MR) is 120 cm³/mol. The summed E-state index contributed by atoms with van der Waals surface area (Å²) in [5.41, 5.74) is 2.22. The van der Waals surface area contributed by atoms with Crippen molar-refractivity contribution in [3.8, 4) is 11.5 Å². The number of benzene rings is 2. The molecule has 2 aliphatic rings. The molecule has 2 aromatic carbocycles. The Bertz CT molecular complexity index is 873. The Morgan fingerprint density at radius 2 is 2.07 bits per heavy atom. The van der Waals surface area contributed by atoms with Crippen molar-refractivity contribution in [2.24, 2.45) is 5.92 Å². The van der Waals surface area contributed by atoms with Gasteiger partial charge in [-0.1, -0.05) is 43.6 Å². The second kappa shape index (κ2) is 8.18. The molecular weight excluding hydrogens is 390 g/mol. The van der Waals surface area contributed by atoms with Crippen molar-refractivity contribution in [3.63, 3.8) is 0 Å². The number of rotatable bonds is 3. The lowest BCUT2D eigenvalue weighted by molar-refractivity contribution is 0.380. The highest BCUT2D eigenvalue weighted by Crippen LogP contribution is 2.48. The van der Waals surface area contributed by atoms with E-state index in [0.29, 0.717) is 5.92 Å². The second-order valence-electron chi connectivity index (χ2n) is 7.89. The van der Waals surface area contributed by atoms with E-state index in [1.165, 1.54) is 5.56 Å². The summed E-state index contributed by atoms with van der Waals surface area (Å²) in [7, 11) is 0. The van der Waals surface area contributed by atoms with E-state index in [1.807, 2.05) is 30.3 Å². The van der Waals surface area contributed by atoms with E-state index < -0.39 is 0 Å². The summed E-state index contributed by atoms with van der Waals surface area (Å²) >= 11 is 11.9. The fourth-order valence-electron chi connectivity index (χ4n) is 4.06. The molecule has 2 aromatic rings. The maximum absolute atomic E-state index is 6.34. The van der Waals surface area contributed by atoms with Crippen molar-refractivity contribution in [3.05, 3.63) is 53.1 Å². The van der Waals surface area contributed by atoms with E-state index in [4.69, 9.17) is 28.6 Å². The van der Waals surface area contributed by atoms with Gasteiger partial charge >= 0.3 is 0 Å². The van der Waals surface area contributed by atoms with Crippen LogP contribution in [-0.4, -0.2) is 24.2 Å². The van der Waals surface area contributed by atoms with Crippen LogP contribution in [0.3, 0.4) is 0 Å². The van der Waals surface area contributed by atoms with Crippen molar-refractivity contribution >= 4 is 34.6 Å². The van der Waals surface area contributed by atoms with Crippen LogP contribution in [0.4, 0.5) is 5.69 Å². The smallest absolute Gasteiger partial charge is 0.166 e. The van der Waals surface area contributed by atoms with E-state index in [0.717, 1.165) is 53.3 Å².